The molecule has 39 heavy (non-hydrogen) atoms. The lowest BCUT2D eigenvalue weighted by atomic mass is 9.89. The highest BCUT2D eigenvalue weighted by molar-refractivity contribution is 5.98. The van der Waals surface area contributed by atoms with E-state index >= 15 is 0 Å². The SMILES string of the molecule is COc1ccccc1CN[C@H]1CCCN(CCCCNC(=O)c2ccc3ccccc3c2)[C@H]1c1ccccc1. The first-order valence-corrected chi connectivity index (χ1v) is 14.1. The van der Waals surface area contributed by atoms with Crippen molar-refractivity contribution in [2.75, 3.05) is 26.7 Å². The molecule has 2 N–H and O–H groups in total. The van der Waals surface area contributed by atoms with E-state index in [9.17, 15) is 4.79 Å². The van der Waals surface area contributed by atoms with Crippen molar-refractivity contribution in [3.63, 3.8) is 0 Å². The maximum Gasteiger partial charge on any atom is 0.251 e. The smallest absolute Gasteiger partial charge is 0.251 e. The van der Waals surface area contributed by atoms with Crippen molar-refractivity contribution in [1.29, 1.82) is 0 Å². The number of para-hydroxylation sites is 1. The Kier molecular flexibility index (Phi) is 9.26. The molecule has 0 saturated carbocycles. The number of hydrogen-bond donors (Lipinski definition) is 2. The van der Waals surface area contributed by atoms with Crippen molar-refractivity contribution in [1.82, 2.24) is 15.5 Å². The second-order valence-electron chi connectivity index (χ2n) is 10.4. The first-order chi connectivity index (χ1) is 19.2. The molecule has 4 aromatic rings. The number of likely N-dealkylation sites (tertiary alicyclic amines) is 1. The Labute approximate surface area is 232 Å². The molecule has 1 fully saturated rings. The van der Waals surface area contributed by atoms with Gasteiger partial charge in [-0.3, -0.25) is 9.69 Å². The highest BCUT2D eigenvalue weighted by atomic mass is 16.5. The Balaban J connectivity index is 1.16. The van der Waals surface area contributed by atoms with Gasteiger partial charge >= 0.3 is 0 Å². The monoisotopic (exact) mass is 521 g/mol. The Morgan fingerprint density at radius 2 is 1.67 bits per heavy atom. The summed E-state index contributed by atoms with van der Waals surface area (Å²) >= 11 is 0. The zero-order valence-corrected chi connectivity index (χ0v) is 22.8. The normalized spacial score (nSPS) is 17.7. The Morgan fingerprint density at radius 3 is 2.51 bits per heavy atom. The molecule has 5 heteroatoms. The highest BCUT2D eigenvalue weighted by Gasteiger charge is 2.32. The van der Waals surface area contributed by atoms with E-state index in [1.807, 2.05) is 48.5 Å². The van der Waals surface area contributed by atoms with Crippen LogP contribution in [-0.2, 0) is 6.54 Å². The number of nitrogens with one attached hydrogen (secondary N) is 2. The third kappa shape index (κ3) is 6.86. The number of benzene rings is 4. The summed E-state index contributed by atoms with van der Waals surface area (Å²) in [5.74, 6) is 0.932. The second-order valence-corrected chi connectivity index (χ2v) is 10.4. The average Bonchev–Trinajstić information content (AvgIpc) is 3.00. The van der Waals surface area contributed by atoms with Gasteiger partial charge in [-0.15, -0.1) is 0 Å². The van der Waals surface area contributed by atoms with Crippen LogP contribution >= 0.6 is 0 Å². The van der Waals surface area contributed by atoms with Gasteiger partial charge in [-0.25, -0.2) is 0 Å². The number of methoxy groups -OCH3 is 1. The standard InChI is InChI=1S/C34H39N3O2/c1-39-32-18-8-7-16-30(32)25-36-31-17-11-23-37(33(31)27-13-3-2-4-14-27)22-10-9-21-35-34(38)29-20-19-26-12-5-6-15-28(26)24-29/h2-8,12-16,18-20,24,31,33,36H,9-11,17,21-23,25H2,1H3,(H,35,38)/t31-,33-/m0/s1. The van der Waals surface area contributed by atoms with Crippen molar-refractivity contribution in [2.45, 2.75) is 44.3 Å². The molecular formula is C34H39N3O2. The summed E-state index contributed by atoms with van der Waals surface area (Å²) in [6.45, 7) is 3.58. The molecule has 0 bridgehead atoms. The average molecular weight is 522 g/mol. The molecular weight excluding hydrogens is 482 g/mol. The van der Waals surface area contributed by atoms with Crippen molar-refractivity contribution in [3.8, 4) is 5.75 Å². The predicted molar refractivity (Wildman–Crippen MR) is 159 cm³/mol. The van der Waals surface area contributed by atoms with Gasteiger partial charge in [0.1, 0.15) is 5.75 Å². The molecule has 1 heterocycles. The number of carbonyl (C=O) groups is 1. The minimum Gasteiger partial charge on any atom is -0.496 e. The number of amides is 1. The number of hydrogen-bond acceptors (Lipinski definition) is 4. The van der Waals surface area contributed by atoms with Crippen molar-refractivity contribution >= 4 is 16.7 Å². The molecule has 0 spiro atoms. The zero-order valence-electron chi connectivity index (χ0n) is 22.8. The fourth-order valence-electron chi connectivity index (χ4n) is 5.79. The van der Waals surface area contributed by atoms with Crippen molar-refractivity contribution < 1.29 is 9.53 Å². The molecule has 5 nitrogen and oxygen atoms in total. The van der Waals surface area contributed by atoms with Crippen molar-refractivity contribution in [3.05, 3.63) is 114 Å². The van der Waals surface area contributed by atoms with Gasteiger partial charge in [0.25, 0.3) is 5.91 Å². The molecule has 1 aliphatic rings. The number of fused-ring (bicyclic) bond motifs is 1. The molecule has 0 aliphatic carbocycles. The summed E-state index contributed by atoms with van der Waals surface area (Å²) in [5.41, 5.74) is 3.27. The van der Waals surface area contributed by atoms with Gasteiger partial charge in [0, 0.05) is 30.3 Å². The summed E-state index contributed by atoms with van der Waals surface area (Å²) in [4.78, 5) is 15.4. The lowest BCUT2D eigenvalue weighted by molar-refractivity contribution is 0.0947. The topological polar surface area (TPSA) is 53.6 Å². The van der Waals surface area contributed by atoms with Crippen LogP contribution in [0.5, 0.6) is 5.75 Å². The first kappa shape index (κ1) is 26.9. The molecule has 202 valence electrons. The summed E-state index contributed by atoms with van der Waals surface area (Å²) in [6.07, 6.45) is 4.32. The summed E-state index contributed by atoms with van der Waals surface area (Å²) in [6, 6.07) is 33.8. The predicted octanol–water partition coefficient (Wildman–Crippen LogP) is 6.35. The Hall–Kier alpha value is -3.67. The van der Waals surface area contributed by atoms with E-state index in [4.69, 9.17) is 4.74 Å². The van der Waals surface area contributed by atoms with Crippen LogP contribution in [0.25, 0.3) is 10.8 Å². The number of carbonyl (C=O) groups excluding carboxylic acids is 1. The maximum absolute atomic E-state index is 12.7. The van der Waals surface area contributed by atoms with Crippen LogP contribution in [0, 0.1) is 0 Å². The molecule has 0 aromatic heterocycles. The molecule has 5 rings (SSSR count). The molecule has 4 aromatic carbocycles. The van der Waals surface area contributed by atoms with Gasteiger partial charge in [0.15, 0.2) is 0 Å². The van der Waals surface area contributed by atoms with Gasteiger partial charge < -0.3 is 15.4 Å². The number of unbranched alkanes of at least 4 members (excludes halogenated alkanes) is 1. The zero-order chi connectivity index (χ0) is 26.9. The van der Waals surface area contributed by atoms with Crippen LogP contribution in [-0.4, -0.2) is 43.6 Å². The Bertz CT molecular complexity index is 1360. The molecule has 1 saturated heterocycles. The van der Waals surface area contributed by atoms with Gasteiger partial charge in [-0.05, 0) is 73.3 Å². The summed E-state index contributed by atoms with van der Waals surface area (Å²) in [7, 11) is 1.73. The highest BCUT2D eigenvalue weighted by Crippen LogP contribution is 2.32. The van der Waals surface area contributed by atoms with Crippen LogP contribution in [0.2, 0.25) is 0 Å². The first-order valence-electron chi connectivity index (χ1n) is 14.1. The third-order valence-corrected chi connectivity index (χ3v) is 7.79. The number of nitrogens with zero attached hydrogens (tertiary/aromatic N) is 1. The van der Waals surface area contributed by atoms with Crippen LogP contribution < -0.4 is 15.4 Å². The van der Waals surface area contributed by atoms with Gasteiger partial charge in [0.2, 0.25) is 0 Å². The van der Waals surface area contributed by atoms with E-state index in [-0.39, 0.29) is 5.91 Å². The number of rotatable bonds is 11. The largest absolute Gasteiger partial charge is 0.496 e. The van der Waals surface area contributed by atoms with E-state index < -0.39 is 0 Å². The maximum atomic E-state index is 12.7. The van der Waals surface area contributed by atoms with Gasteiger partial charge in [-0.2, -0.15) is 0 Å². The number of piperidine rings is 1. The minimum atomic E-state index is 0.00138. The lowest BCUT2D eigenvalue weighted by Gasteiger charge is -2.42. The number of ether oxygens (including phenoxy) is 1. The third-order valence-electron chi connectivity index (χ3n) is 7.79. The van der Waals surface area contributed by atoms with Crippen LogP contribution in [0.4, 0.5) is 0 Å². The van der Waals surface area contributed by atoms with E-state index in [0.29, 0.717) is 18.6 Å². The Morgan fingerprint density at radius 1 is 0.897 bits per heavy atom. The van der Waals surface area contributed by atoms with Crippen LogP contribution in [0.15, 0.2) is 97.1 Å². The van der Waals surface area contributed by atoms with Crippen LogP contribution in [0.1, 0.15) is 53.2 Å². The lowest BCUT2D eigenvalue weighted by Crippen LogP contribution is -2.48. The summed E-state index contributed by atoms with van der Waals surface area (Å²) < 4.78 is 5.58. The molecule has 0 radical (unpaired) electrons. The molecule has 1 amide bonds. The summed E-state index contributed by atoms with van der Waals surface area (Å²) in [5, 5.41) is 9.23. The van der Waals surface area contributed by atoms with E-state index in [2.05, 4.69) is 64.1 Å². The van der Waals surface area contributed by atoms with Crippen molar-refractivity contribution in [2.24, 2.45) is 0 Å². The molecule has 0 unspecified atom stereocenters. The van der Waals surface area contributed by atoms with E-state index in [0.717, 1.165) is 61.0 Å². The minimum absolute atomic E-state index is 0.00138. The van der Waals surface area contributed by atoms with Gasteiger partial charge in [-0.1, -0.05) is 78.9 Å². The van der Waals surface area contributed by atoms with E-state index in [1.165, 1.54) is 17.5 Å². The fourth-order valence-corrected chi connectivity index (χ4v) is 5.79. The molecule has 2 atom stereocenters. The van der Waals surface area contributed by atoms with Crippen LogP contribution in [0.3, 0.4) is 0 Å². The second kappa shape index (κ2) is 13.4. The van der Waals surface area contributed by atoms with E-state index in [1.54, 1.807) is 7.11 Å². The van der Waals surface area contributed by atoms with Gasteiger partial charge in [0.05, 0.1) is 13.2 Å². The fraction of sp³-hybridized carbons (Fsp3) is 0.324. The quantitative estimate of drug-likeness (QED) is 0.226. The molecule has 1 aliphatic heterocycles.